The number of rotatable bonds is 5. The molecule has 0 aliphatic carbocycles. The van der Waals surface area contributed by atoms with Crippen LogP contribution in [0.1, 0.15) is 22.0 Å². The average molecular weight is 342 g/mol. The molecule has 1 heterocycles. The number of aromatic nitrogens is 2. The first-order chi connectivity index (χ1) is 11.7. The van der Waals surface area contributed by atoms with E-state index in [0.29, 0.717) is 10.6 Å². The highest BCUT2D eigenvalue weighted by Crippen LogP contribution is 2.17. The molecule has 0 saturated carbocycles. The molecule has 1 amide bonds. The number of nitrogens with zero attached hydrogens (tertiary/aromatic N) is 2. The molecular weight excluding hydrogens is 326 g/mol. The Morgan fingerprint density at radius 1 is 1.25 bits per heavy atom. The maximum absolute atomic E-state index is 12.5. The van der Waals surface area contributed by atoms with Crippen molar-refractivity contribution < 1.29 is 9.90 Å². The number of aliphatic hydroxyl groups excluding tert-OH is 1. The van der Waals surface area contributed by atoms with Gasteiger partial charge in [-0.3, -0.25) is 4.79 Å². The van der Waals surface area contributed by atoms with Crippen LogP contribution in [-0.2, 0) is 0 Å². The molecule has 2 aromatic carbocycles. The predicted molar refractivity (Wildman–Crippen MR) is 92.3 cm³/mol. The van der Waals surface area contributed by atoms with Crippen LogP contribution in [0.15, 0.2) is 67.3 Å². The van der Waals surface area contributed by atoms with Crippen molar-refractivity contribution in [1.82, 2.24) is 14.9 Å². The van der Waals surface area contributed by atoms with Crippen LogP contribution in [0.4, 0.5) is 0 Å². The van der Waals surface area contributed by atoms with Gasteiger partial charge in [0.15, 0.2) is 0 Å². The minimum Gasteiger partial charge on any atom is -0.394 e. The number of hydrogen-bond acceptors (Lipinski definition) is 3. The highest BCUT2D eigenvalue weighted by molar-refractivity contribution is 6.30. The summed E-state index contributed by atoms with van der Waals surface area (Å²) >= 11 is 5.87. The number of nitrogens with one attached hydrogen (secondary N) is 1. The van der Waals surface area contributed by atoms with Crippen molar-refractivity contribution in [2.45, 2.75) is 6.04 Å². The summed E-state index contributed by atoms with van der Waals surface area (Å²) in [6.07, 6.45) is 5.15. The first-order valence-electron chi connectivity index (χ1n) is 7.43. The normalized spacial score (nSPS) is 11.9. The largest absolute Gasteiger partial charge is 0.394 e. The van der Waals surface area contributed by atoms with Gasteiger partial charge >= 0.3 is 0 Å². The van der Waals surface area contributed by atoms with Crippen LogP contribution in [0, 0.1) is 0 Å². The number of carbonyl (C=O) groups is 1. The summed E-state index contributed by atoms with van der Waals surface area (Å²) in [5.74, 6) is -0.258. The Hall–Kier alpha value is -2.63. The molecule has 0 radical (unpaired) electrons. The molecule has 24 heavy (non-hydrogen) atoms. The average Bonchev–Trinajstić information content (AvgIpc) is 3.15. The zero-order valence-electron chi connectivity index (χ0n) is 12.8. The molecule has 3 rings (SSSR count). The van der Waals surface area contributed by atoms with Crippen molar-refractivity contribution in [2.24, 2.45) is 0 Å². The summed E-state index contributed by atoms with van der Waals surface area (Å²) in [7, 11) is 0. The maximum atomic E-state index is 12.5. The minimum absolute atomic E-state index is 0.200. The second-order valence-corrected chi connectivity index (χ2v) is 5.72. The fourth-order valence-corrected chi connectivity index (χ4v) is 2.52. The summed E-state index contributed by atoms with van der Waals surface area (Å²) in [6.45, 7) is -0.200. The van der Waals surface area contributed by atoms with Crippen LogP contribution >= 0.6 is 11.6 Å². The van der Waals surface area contributed by atoms with Crippen molar-refractivity contribution in [1.29, 1.82) is 0 Å². The second kappa shape index (κ2) is 7.29. The lowest BCUT2D eigenvalue weighted by Gasteiger charge is -2.17. The molecule has 1 atom stereocenters. The van der Waals surface area contributed by atoms with Crippen molar-refractivity contribution >= 4 is 17.5 Å². The number of amides is 1. The van der Waals surface area contributed by atoms with Crippen molar-refractivity contribution in [3.05, 3.63) is 83.4 Å². The van der Waals surface area contributed by atoms with Gasteiger partial charge in [-0.05, 0) is 35.9 Å². The van der Waals surface area contributed by atoms with E-state index in [2.05, 4.69) is 10.3 Å². The van der Waals surface area contributed by atoms with Crippen molar-refractivity contribution in [3.63, 3.8) is 0 Å². The maximum Gasteiger partial charge on any atom is 0.251 e. The van der Waals surface area contributed by atoms with Crippen LogP contribution in [0.2, 0.25) is 5.02 Å². The van der Waals surface area contributed by atoms with Crippen LogP contribution in [0.3, 0.4) is 0 Å². The summed E-state index contributed by atoms with van der Waals surface area (Å²) in [4.78, 5) is 16.5. The second-order valence-electron chi connectivity index (χ2n) is 5.28. The quantitative estimate of drug-likeness (QED) is 0.749. The van der Waals surface area contributed by atoms with Gasteiger partial charge in [-0.2, -0.15) is 0 Å². The Balaban J connectivity index is 1.78. The van der Waals surface area contributed by atoms with Crippen LogP contribution in [0.25, 0.3) is 5.69 Å². The highest BCUT2D eigenvalue weighted by atomic mass is 35.5. The smallest absolute Gasteiger partial charge is 0.251 e. The molecule has 0 fully saturated rings. The van der Waals surface area contributed by atoms with Gasteiger partial charge in [-0.15, -0.1) is 0 Å². The SMILES string of the molecule is O=C(NC(CO)c1ccc(Cl)cc1)c1cccc(-n2ccnc2)c1. The number of carbonyl (C=O) groups excluding carboxylic acids is 1. The highest BCUT2D eigenvalue weighted by Gasteiger charge is 2.15. The van der Waals surface area contributed by atoms with E-state index in [1.807, 2.05) is 10.6 Å². The van der Waals surface area contributed by atoms with Gasteiger partial charge in [0.25, 0.3) is 5.91 Å². The third-order valence-electron chi connectivity index (χ3n) is 3.67. The number of hydrogen-bond donors (Lipinski definition) is 2. The molecule has 1 unspecified atom stereocenters. The van der Waals surface area contributed by atoms with E-state index in [9.17, 15) is 9.90 Å². The minimum atomic E-state index is -0.494. The lowest BCUT2D eigenvalue weighted by molar-refractivity contribution is 0.0916. The molecule has 122 valence electrons. The van der Waals surface area contributed by atoms with E-state index in [1.165, 1.54) is 0 Å². The van der Waals surface area contributed by atoms with Crippen LogP contribution in [-0.4, -0.2) is 27.2 Å². The van der Waals surface area contributed by atoms with Gasteiger partial charge < -0.3 is 15.0 Å². The van der Waals surface area contributed by atoms with E-state index in [4.69, 9.17) is 11.6 Å². The zero-order valence-corrected chi connectivity index (χ0v) is 13.5. The number of halogens is 1. The molecule has 5 nitrogen and oxygen atoms in total. The van der Waals surface area contributed by atoms with E-state index in [-0.39, 0.29) is 12.5 Å². The van der Waals surface area contributed by atoms with Crippen LogP contribution in [0.5, 0.6) is 0 Å². The lowest BCUT2D eigenvalue weighted by atomic mass is 10.1. The van der Waals surface area contributed by atoms with Gasteiger partial charge in [0, 0.05) is 28.7 Å². The van der Waals surface area contributed by atoms with E-state index in [1.54, 1.807) is 61.2 Å². The van der Waals surface area contributed by atoms with Gasteiger partial charge in [0.1, 0.15) is 0 Å². The Labute approximate surface area is 144 Å². The molecular formula is C18H16ClN3O2. The first-order valence-corrected chi connectivity index (χ1v) is 7.81. The molecule has 3 aromatic rings. The molecule has 2 N–H and O–H groups in total. The van der Waals surface area contributed by atoms with E-state index in [0.717, 1.165) is 11.3 Å². The summed E-state index contributed by atoms with van der Waals surface area (Å²) < 4.78 is 1.82. The molecule has 0 saturated heterocycles. The Kier molecular flexibility index (Phi) is 4.93. The monoisotopic (exact) mass is 341 g/mol. The van der Waals surface area contributed by atoms with Gasteiger partial charge in [-0.25, -0.2) is 4.98 Å². The standard InChI is InChI=1S/C18H16ClN3O2/c19-15-6-4-13(5-7-15)17(11-23)21-18(24)14-2-1-3-16(10-14)22-9-8-20-12-22/h1-10,12,17,23H,11H2,(H,21,24). The van der Waals surface area contributed by atoms with Crippen molar-refractivity contribution in [3.8, 4) is 5.69 Å². The Bertz CT molecular complexity index is 817. The third kappa shape index (κ3) is 3.64. The molecule has 0 aliphatic rings. The lowest BCUT2D eigenvalue weighted by Crippen LogP contribution is -2.30. The van der Waals surface area contributed by atoms with Gasteiger partial charge in [-0.1, -0.05) is 29.8 Å². The third-order valence-corrected chi connectivity index (χ3v) is 3.92. The summed E-state index contributed by atoms with van der Waals surface area (Å²) in [5, 5.41) is 13.0. The number of aliphatic hydroxyl groups is 1. The molecule has 6 heteroatoms. The number of imidazole rings is 1. The van der Waals surface area contributed by atoms with E-state index >= 15 is 0 Å². The fraction of sp³-hybridized carbons (Fsp3) is 0.111. The topological polar surface area (TPSA) is 67.2 Å². The molecule has 0 aliphatic heterocycles. The zero-order chi connectivity index (χ0) is 16.9. The molecule has 0 spiro atoms. The van der Waals surface area contributed by atoms with Crippen molar-refractivity contribution in [2.75, 3.05) is 6.61 Å². The predicted octanol–water partition coefficient (Wildman–Crippen LogP) is 2.99. The Morgan fingerprint density at radius 3 is 2.71 bits per heavy atom. The molecule has 1 aromatic heterocycles. The number of benzene rings is 2. The molecule has 0 bridgehead atoms. The van der Waals surface area contributed by atoms with Gasteiger partial charge in [0.05, 0.1) is 19.0 Å². The summed E-state index contributed by atoms with van der Waals surface area (Å²) in [5.41, 5.74) is 2.14. The van der Waals surface area contributed by atoms with Crippen LogP contribution < -0.4 is 5.32 Å². The fourth-order valence-electron chi connectivity index (χ4n) is 2.39. The first kappa shape index (κ1) is 16.2. The van der Waals surface area contributed by atoms with Gasteiger partial charge in [0.2, 0.25) is 0 Å². The Morgan fingerprint density at radius 2 is 2.04 bits per heavy atom. The summed E-state index contributed by atoms with van der Waals surface area (Å²) in [6, 6.07) is 13.7. The van der Waals surface area contributed by atoms with E-state index < -0.39 is 6.04 Å².